The zero-order chi connectivity index (χ0) is 10.8. The van der Waals surface area contributed by atoms with Gasteiger partial charge in [0, 0.05) is 11.8 Å². The van der Waals surface area contributed by atoms with E-state index in [4.69, 9.17) is 4.74 Å². The molecule has 0 saturated heterocycles. The molecule has 0 aromatic carbocycles. The van der Waals surface area contributed by atoms with E-state index in [-0.39, 0.29) is 0 Å². The maximum Gasteiger partial charge on any atom is 0.256 e. The minimum absolute atomic E-state index is 0.570. The Morgan fingerprint density at radius 2 is 2.27 bits per heavy atom. The van der Waals surface area contributed by atoms with Gasteiger partial charge in [-0.25, -0.2) is 4.98 Å². The number of hydrazone groups is 1. The van der Waals surface area contributed by atoms with E-state index in [1.165, 1.54) is 0 Å². The van der Waals surface area contributed by atoms with Gasteiger partial charge in [0.05, 0.1) is 7.11 Å². The molecule has 5 nitrogen and oxygen atoms in total. The summed E-state index contributed by atoms with van der Waals surface area (Å²) >= 11 is 1.67. The van der Waals surface area contributed by atoms with Gasteiger partial charge in [-0.3, -0.25) is 0 Å². The number of amidine groups is 1. The molecule has 80 valence electrons. The molecular weight excluding hydrogens is 212 g/mol. The SMILES string of the molecule is CCSC1=NN1c1nc(C)cc(OC)n1. The van der Waals surface area contributed by atoms with E-state index in [2.05, 4.69) is 22.0 Å². The number of aryl methyl sites for hydroxylation is 1. The zero-order valence-corrected chi connectivity index (χ0v) is 9.71. The normalized spacial score (nSPS) is 13.8. The van der Waals surface area contributed by atoms with Crippen molar-refractivity contribution in [2.24, 2.45) is 5.10 Å². The Labute approximate surface area is 92.6 Å². The Kier molecular flexibility index (Phi) is 2.77. The summed E-state index contributed by atoms with van der Waals surface area (Å²) in [4.78, 5) is 8.49. The van der Waals surface area contributed by atoms with E-state index < -0.39 is 0 Å². The van der Waals surface area contributed by atoms with Crippen LogP contribution in [0.1, 0.15) is 12.6 Å². The second kappa shape index (κ2) is 4.06. The van der Waals surface area contributed by atoms with Crippen molar-refractivity contribution in [3.63, 3.8) is 0 Å². The molecule has 1 aromatic heterocycles. The molecular formula is C9H12N4OS. The second-order valence-corrected chi connectivity index (χ2v) is 4.21. The van der Waals surface area contributed by atoms with E-state index in [9.17, 15) is 0 Å². The van der Waals surface area contributed by atoms with E-state index in [1.807, 2.05) is 6.92 Å². The van der Waals surface area contributed by atoms with Crippen LogP contribution in [0.3, 0.4) is 0 Å². The second-order valence-electron chi connectivity index (χ2n) is 2.98. The molecule has 2 rings (SSSR count). The zero-order valence-electron chi connectivity index (χ0n) is 8.89. The number of thioether (sulfide) groups is 1. The van der Waals surface area contributed by atoms with Crippen molar-refractivity contribution in [2.75, 3.05) is 17.9 Å². The number of hydrogen-bond acceptors (Lipinski definition) is 6. The smallest absolute Gasteiger partial charge is 0.256 e. The molecule has 0 spiro atoms. The molecule has 0 radical (unpaired) electrons. The number of ether oxygens (including phenoxy) is 1. The predicted molar refractivity (Wildman–Crippen MR) is 61.4 cm³/mol. The quantitative estimate of drug-likeness (QED) is 0.781. The van der Waals surface area contributed by atoms with Crippen LogP contribution in [0.2, 0.25) is 0 Å². The summed E-state index contributed by atoms with van der Waals surface area (Å²) in [6, 6.07) is 1.79. The maximum absolute atomic E-state index is 5.07. The largest absolute Gasteiger partial charge is 0.481 e. The van der Waals surface area contributed by atoms with Gasteiger partial charge < -0.3 is 4.74 Å². The van der Waals surface area contributed by atoms with Crippen LogP contribution in [-0.2, 0) is 0 Å². The van der Waals surface area contributed by atoms with E-state index in [0.717, 1.165) is 16.6 Å². The minimum Gasteiger partial charge on any atom is -0.481 e. The van der Waals surface area contributed by atoms with Crippen molar-refractivity contribution in [3.8, 4) is 5.88 Å². The lowest BCUT2D eigenvalue weighted by atomic mass is 10.4. The summed E-state index contributed by atoms with van der Waals surface area (Å²) in [5.74, 6) is 2.15. The lowest BCUT2D eigenvalue weighted by Crippen LogP contribution is -2.06. The average Bonchev–Trinajstić information content (AvgIpc) is 2.97. The highest BCUT2D eigenvalue weighted by atomic mass is 32.2. The molecule has 0 aliphatic carbocycles. The highest BCUT2D eigenvalue weighted by molar-refractivity contribution is 8.14. The topological polar surface area (TPSA) is 50.4 Å². The van der Waals surface area contributed by atoms with Crippen molar-refractivity contribution in [1.82, 2.24) is 9.97 Å². The first kappa shape index (κ1) is 10.2. The van der Waals surface area contributed by atoms with Crippen molar-refractivity contribution in [1.29, 1.82) is 0 Å². The van der Waals surface area contributed by atoms with Crippen LogP contribution < -0.4 is 9.75 Å². The molecule has 0 saturated carbocycles. The van der Waals surface area contributed by atoms with Crippen LogP contribution in [0, 0.1) is 6.92 Å². The van der Waals surface area contributed by atoms with Crippen LogP contribution in [0.5, 0.6) is 5.88 Å². The van der Waals surface area contributed by atoms with Crippen molar-refractivity contribution >= 4 is 22.9 Å². The summed E-state index contributed by atoms with van der Waals surface area (Å²) < 4.78 is 5.07. The molecule has 0 N–H and O–H groups in total. The van der Waals surface area contributed by atoms with Gasteiger partial charge in [-0.15, -0.1) is 5.10 Å². The number of anilines is 1. The molecule has 1 aromatic rings. The number of rotatable bonds is 3. The van der Waals surface area contributed by atoms with Gasteiger partial charge in [0.2, 0.25) is 11.0 Å². The first-order valence-corrected chi connectivity index (χ1v) is 5.64. The van der Waals surface area contributed by atoms with Crippen LogP contribution in [0.4, 0.5) is 5.95 Å². The molecule has 2 heterocycles. The fourth-order valence-corrected chi connectivity index (χ4v) is 1.74. The summed E-state index contributed by atoms with van der Waals surface area (Å²) in [5.41, 5.74) is 0.875. The predicted octanol–water partition coefficient (Wildman–Crippen LogP) is 1.64. The van der Waals surface area contributed by atoms with E-state index in [0.29, 0.717) is 11.8 Å². The number of aromatic nitrogens is 2. The maximum atomic E-state index is 5.07. The van der Waals surface area contributed by atoms with Crippen LogP contribution in [-0.4, -0.2) is 28.0 Å². The average molecular weight is 224 g/mol. The van der Waals surface area contributed by atoms with Crippen LogP contribution in [0.25, 0.3) is 0 Å². The van der Waals surface area contributed by atoms with E-state index >= 15 is 0 Å². The fraction of sp³-hybridized carbons (Fsp3) is 0.444. The van der Waals surface area contributed by atoms with Gasteiger partial charge in [0.15, 0.2) is 0 Å². The molecule has 6 heteroatoms. The highest BCUT2D eigenvalue weighted by Gasteiger charge is 2.29. The van der Waals surface area contributed by atoms with Crippen LogP contribution in [0.15, 0.2) is 11.2 Å². The number of hydrogen-bond donors (Lipinski definition) is 0. The van der Waals surface area contributed by atoms with Crippen molar-refractivity contribution < 1.29 is 4.74 Å². The van der Waals surface area contributed by atoms with Crippen molar-refractivity contribution in [3.05, 3.63) is 11.8 Å². The van der Waals surface area contributed by atoms with E-state index in [1.54, 1.807) is 29.9 Å². The Bertz CT molecular complexity index is 407. The molecule has 15 heavy (non-hydrogen) atoms. The number of nitrogens with zero attached hydrogens (tertiary/aromatic N) is 4. The lowest BCUT2D eigenvalue weighted by Gasteiger charge is -2.04. The number of methoxy groups -OCH3 is 1. The minimum atomic E-state index is 0.570. The Morgan fingerprint density at radius 3 is 2.93 bits per heavy atom. The molecule has 0 bridgehead atoms. The van der Waals surface area contributed by atoms with Crippen molar-refractivity contribution in [2.45, 2.75) is 13.8 Å². The van der Waals surface area contributed by atoms with Crippen LogP contribution >= 0.6 is 11.8 Å². The summed E-state index contributed by atoms with van der Waals surface area (Å²) in [5, 5.41) is 6.85. The molecule has 0 atom stereocenters. The third-order valence-corrected chi connectivity index (χ3v) is 2.62. The lowest BCUT2D eigenvalue weighted by molar-refractivity contribution is 0.397. The molecule has 0 unspecified atom stereocenters. The van der Waals surface area contributed by atoms with Gasteiger partial charge in [-0.2, -0.15) is 9.99 Å². The van der Waals surface area contributed by atoms with Gasteiger partial charge in [-0.05, 0) is 12.7 Å². The summed E-state index contributed by atoms with van der Waals surface area (Å²) in [7, 11) is 1.59. The standard InChI is InChI=1S/C9H12N4OS/c1-4-15-9-12-13(9)8-10-6(2)5-7(11-8)14-3/h5H,4H2,1-3H3. The first-order chi connectivity index (χ1) is 7.24. The molecule has 0 amide bonds. The van der Waals surface area contributed by atoms with Gasteiger partial charge in [0.25, 0.3) is 5.95 Å². The Morgan fingerprint density at radius 1 is 1.47 bits per heavy atom. The van der Waals surface area contributed by atoms with Gasteiger partial charge >= 0.3 is 0 Å². The highest BCUT2D eigenvalue weighted by Crippen LogP contribution is 2.27. The Hall–Kier alpha value is -1.30. The third kappa shape index (κ3) is 2.20. The summed E-state index contributed by atoms with van der Waals surface area (Å²) in [6.07, 6.45) is 0. The fourth-order valence-electron chi connectivity index (χ4n) is 1.14. The monoisotopic (exact) mass is 224 g/mol. The Balaban J connectivity index is 2.13. The third-order valence-electron chi connectivity index (χ3n) is 1.82. The van der Waals surface area contributed by atoms with Gasteiger partial charge in [0.1, 0.15) is 0 Å². The molecule has 1 aliphatic heterocycles. The molecule has 1 aliphatic rings. The summed E-state index contributed by atoms with van der Waals surface area (Å²) in [6.45, 7) is 3.99. The molecule has 0 fully saturated rings. The van der Waals surface area contributed by atoms with Gasteiger partial charge in [-0.1, -0.05) is 18.7 Å². The first-order valence-electron chi connectivity index (χ1n) is 4.65.